The first-order valence-electron chi connectivity index (χ1n) is 8.41. The quantitative estimate of drug-likeness (QED) is 0.909. The molecule has 0 unspecified atom stereocenters. The van der Waals surface area contributed by atoms with Crippen molar-refractivity contribution in [1.29, 1.82) is 0 Å². The van der Waals surface area contributed by atoms with Crippen LogP contribution in [0.15, 0.2) is 48.5 Å². The van der Waals surface area contributed by atoms with Crippen LogP contribution < -0.4 is 5.32 Å². The molecule has 0 aromatic heterocycles. The minimum Gasteiger partial charge on any atom is -0.342 e. The average Bonchev–Trinajstić information content (AvgIpc) is 2.97. The normalized spacial score (nSPS) is 17.0. The maximum absolute atomic E-state index is 12.9. The Kier molecular flexibility index (Phi) is 5.12. The number of anilines is 1. The number of hydrogen-bond donors (Lipinski definition) is 1. The number of rotatable bonds is 5. The Hall–Kier alpha value is -2.69. The molecular formula is C20H21FN2O2. The summed E-state index contributed by atoms with van der Waals surface area (Å²) in [5.74, 6) is -0.728. The van der Waals surface area contributed by atoms with Gasteiger partial charge < -0.3 is 10.2 Å². The van der Waals surface area contributed by atoms with Gasteiger partial charge in [-0.15, -0.1) is 0 Å². The molecule has 2 amide bonds. The molecule has 1 aliphatic rings. The zero-order chi connectivity index (χ0) is 17.8. The van der Waals surface area contributed by atoms with Crippen molar-refractivity contribution >= 4 is 17.5 Å². The van der Waals surface area contributed by atoms with Crippen LogP contribution >= 0.6 is 0 Å². The van der Waals surface area contributed by atoms with Crippen molar-refractivity contribution < 1.29 is 14.0 Å². The SMILES string of the molecule is Cc1ccccc1NC(=O)[C@@H]1CC(=O)N(CCc2ccc(F)cc2)C1. The number of para-hydroxylation sites is 1. The van der Waals surface area contributed by atoms with Crippen LogP contribution in [0.2, 0.25) is 0 Å². The Bertz CT molecular complexity index is 774. The molecule has 130 valence electrons. The van der Waals surface area contributed by atoms with E-state index >= 15 is 0 Å². The zero-order valence-corrected chi connectivity index (χ0v) is 14.2. The van der Waals surface area contributed by atoms with E-state index < -0.39 is 0 Å². The van der Waals surface area contributed by atoms with E-state index in [1.54, 1.807) is 17.0 Å². The van der Waals surface area contributed by atoms with Crippen LogP contribution in [0.4, 0.5) is 10.1 Å². The first kappa shape index (κ1) is 17.1. The fourth-order valence-electron chi connectivity index (χ4n) is 3.03. The van der Waals surface area contributed by atoms with Gasteiger partial charge in [0.2, 0.25) is 11.8 Å². The number of benzene rings is 2. The second-order valence-electron chi connectivity index (χ2n) is 6.42. The van der Waals surface area contributed by atoms with E-state index in [0.29, 0.717) is 19.5 Å². The number of carbonyl (C=O) groups is 2. The van der Waals surface area contributed by atoms with E-state index in [4.69, 9.17) is 0 Å². The third-order valence-corrected chi connectivity index (χ3v) is 4.57. The highest BCUT2D eigenvalue weighted by atomic mass is 19.1. The largest absolute Gasteiger partial charge is 0.342 e. The second-order valence-corrected chi connectivity index (χ2v) is 6.42. The number of likely N-dealkylation sites (tertiary alicyclic amines) is 1. The van der Waals surface area contributed by atoms with Gasteiger partial charge in [-0.1, -0.05) is 30.3 Å². The Balaban J connectivity index is 1.55. The number of nitrogens with zero attached hydrogens (tertiary/aromatic N) is 1. The van der Waals surface area contributed by atoms with Gasteiger partial charge in [-0.3, -0.25) is 9.59 Å². The lowest BCUT2D eigenvalue weighted by Crippen LogP contribution is -2.30. The molecule has 3 rings (SSSR count). The lowest BCUT2D eigenvalue weighted by Gasteiger charge is -2.17. The Morgan fingerprint density at radius 2 is 1.92 bits per heavy atom. The monoisotopic (exact) mass is 340 g/mol. The van der Waals surface area contributed by atoms with Gasteiger partial charge in [-0.25, -0.2) is 4.39 Å². The summed E-state index contributed by atoms with van der Waals surface area (Å²) in [6.07, 6.45) is 0.888. The van der Waals surface area contributed by atoms with Gasteiger partial charge in [0, 0.05) is 25.2 Å². The van der Waals surface area contributed by atoms with Crippen molar-refractivity contribution in [3.8, 4) is 0 Å². The van der Waals surface area contributed by atoms with E-state index in [1.807, 2.05) is 31.2 Å². The summed E-state index contributed by atoms with van der Waals surface area (Å²) in [5, 5.41) is 2.91. The second kappa shape index (κ2) is 7.47. The number of halogens is 1. The number of nitrogens with one attached hydrogen (secondary N) is 1. The molecule has 1 heterocycles. The van der Waals surface area contributed by atoms with Gasteiger partial charge >= 0.3 is 0 Å². The topological polar surface area (TPSA) is 49.4 Å². The number of hydrogen-bond acceptors (Lipinski definition) is 2. The van der Waals surface area contributed by atoms with Gasteiger partial charge in [0.1, 0.15) is 5.82 Å². The molecule has 0 spiro atoms. The van der Waals surface area contributed by atoms with E-state index in [2.05, 4.69) is 5.32 Å². The molecule has 0 radical (unpaired) electrons. The Labute approximate surface area is 146 Å². The van der Waals surface area contributed by atoms with Crippen LogP contribution in [0, 0.1) is 18.7 Å². The molecule has 0 aliphatic carbocycles. The highest BCUT2D eigenvalue weighted by Crippen LogP contribution is 2.21. The van der Waals surface area contributed by atoms with Gasteiger partial charge in [0.05, 0.1) is 5.92 Å². The van der Waals surface area contributed by atoms with E-state index in [9.17, 15) is 14.0 Å². The fraction of sp³-hybridized carbons (Fsp3) is 0.300. The van der Waals surface area contributed by atoms with E-state index in [1.165, 1.54) is 12.1 Å². The average molecular weight is 340 g/mol. The lowest BCUT2D eigenvalue weighted by atomic mass is 10.1. The predicted molar refractivity (Wildman–Crippen MR) is 94.6 cm³/mol. The maximum atomic E-state index is 12.9. The fourth-order valence-corrected chi connectivity index (χ4v) is 3.03. The van der Waals surface area contributed by atoms with Crippen LogP contribution in [-0.4, -0.2) is 29.8 Å². The van der Waals surface area contributed by atoms with Crippen LogP contribution in [-0.2, 0) is 16.0 Å². The molecule has 2 aromatic rings. The van der Waals surface area contributed by atoms with E-state index in [0.717, 1.165) is 16.8 Å². The van der Waals surface area contributed by atoms with Gasteiger partial charge in [-0.2, -0.15) is 0 Å². The number of carbonyl (C=O) groups excluding carboxylic acids is 2. The molecule has 4 nitrogen and oxygen atoms in total. The standard InChI is InChI=1S/C20H21FN2O2/c1-14-4-2-3-5-18(14)22-20(25)16-12-19(24)23(13-16)11-10-15-6-8-17(21)9-7-15/h2-9,16H,10-13H2,1H3,(H,22,25)/t16-/m1/s1. The molecule has 1 N–H and O–H groups in total. The van der Waals surface area contributed by atoms with Crippen molar-refractivity contribution in [1.82, 2.24) is 4.90 Å². The Morgan fingerprint density at radius 3 is 2.64 bits per heavy atom. The van der Waals surface area contributed by atoms with Crippen molar-refractivity contribution in [2.75, 3.05) is 18.4 Å². The smallest absolute Gasteiger partial charge is 0.229 e. The first-order chi connectivity index (χ1) is 12.0. The molecule has 1 saturated heterocycles. The highest BCUT2D eigenvalue weighted by Gasteiger charge is 2.34. The molecule has 1 fully saturated rings. The summed E-state index contributed by atoms with van der Waals surface area (Å²) in [6.45, 7) is 2.90. The van der Waals surface area contributed by atoms with Crippen molar-refractivity contribution in [3.05, 3.63) is 65.5 Å². The molecular weight excluding hydrogens is 319 g/mol. The zero-order valence-electron chi connectivity index (χ0n) is 14.2. The summed E-state index contributed by atoms with van der Waals surface area (Å²) < 4.78 is 12.9. The van der Waals surface area contributed by atoms with Crippen molar-refractivity contribution in [3.63, 3.8) is 0 Å². The number of amides is 2. The van der Waals surface area contributed by atoms with Crippen LogP contribution in [0.3, 0.4) is 0 Å². The highest BCUT2D eigenvalue weighted by molar-refractivity contribution is 5.97. The summed E-state index contributed by atoms with van der Waals surface area (Å²) in [5.41, 5.74) is 2.75. The molecule has 1 aliphatic heterocycles. The third-order valence-electron chi connectivity index (χ3n) is 4.57. The summed E-state index contributed by atoms with van der Waals surface area (Å²) in [6, 6.07) is 13.9. The van der Waals surface area contributed by atoms with Crippen molar-refractivity contribution in [2.24, 2.45) is 5.92 Å². The minimum absolute atomic E-state index is 0.00737. The first-order valence-corrected chi connectivity index (χ1v) is 8.41. The van der Waals surface area contributed by atoms with Gasteiger partial charge in [0.25, 0.3) is 0 Å². The summed E-state index contributed by atoms with van der Waals surface area (Å²) >= 11 is 0. The molecule has 0 saturated carbocycles. The predicted octanol–water partition coefficient (Wildman–Crippen LogP) is 3.16. The summed E-state index contributed by atoms with van der Waals surface area (Å²) in [7, 11) is 0. The van der Waals surface area contributed by atoms with Crippen molar-refractivity contribution in [2.45, 2.75) is 19.8 Å². The Morgan fingerprint density at radius 1 is 1.20 bits per heavy atom. The lowest BCUT2D eigenvalue weighted by molar-refractivity contribution is -0.128. The van der Waals surface area contributed by atoms with E-state index in [-0.39, 0.29) is 30.0 Å². The molecule has 0 bridgehead atoms. The molecule has 25 heavy (non-hydrogen) atoms. The minimum atomic E-state index is -0.333. The molecule has 1 atom stereocenters. The molecule has 5 heteroatoms. The van der Waals surface area contributed by atoms with Crippen LogP contribution in [0.5, 0.6) is 0 Å². The van der Waals surface area contributed by atoms with Gasteiger partial charge in [-0.05, 0) is 42.7 Å². The maximum Gasteiger partial charge on any atom is 0.229 e. The number of aryl methyl sites for hydroxylation is 1. The third kappa shape index (κ3) is 4.24. The van der Waals surface area contributed by atoms with Crippen LogP contribution in [0.1, 0.15) is 17.5 Å². The summed E-state index contributed by atoms with van der Waals surface area (Å²) in [4.78, 5) is 26.3. The van der Waals surface area contributed by atoms with Gasteiger partial charge in [0.15, 0.2) is 0 Å². The van der Waals surface area contributed by atoms with Crippen LogP contribution in [0.25, 0.3) is 0 Å². The molecule has 2 aromatic carbocycles.